The van der Waals surface area contributed by atoms with Crippen LogP contribution in [-0.4, -0.2) is 57.3 Å². The number of benzene rings is 1. The van der Waals surface area contributed by atoms with E-state index in [1.807, 2.05) is 14.1 Å². The summed E-state index contributed by atoms with van der Waals surface area (Å²) in [5.74, 6) is -0.992. The Morgan fingerprint density at radius 1 is 0.657 bits per heavy atom. The second-order valence-electron chi connectivity index (χ2n) is 10.7. The van der Waals surface area contributed by atoms with Crippen molar-refractivity contribution in [3.8, 4) is 0 Å². The lowest BCUT2D eigenvalue weighted by molar-refractivity contribution is -0.884. The molecule has 202 valence electrons. The zero-order valence-electron chi connectivity index (χ0n) is 23.2. The maximum Gasteiger partial charge on any atom is 0.119 e. The van der Waals surface area contributed by atoms with Gasteiger partial charge in [-0.15, -0.1) is 0 Å². The number of likely N-dealkylation sites (N-methyl/N-ethyl adjacent to an activating group) is 1. The average molecular weight is 491 g/mol. The maximum absolute atomic E-state index is 10.9. The molecule has 0 amide bonds. The number of anilines is 3. The lowest BCUT2D eigenvalue weighted by Gasteiger charge is -2.30. The fraction of sp³-hybridized carbons (Fsp3) is 0.759. The van der Waals surface area contributed by atoms with Crippen molar-refractivity contribution in [2.24, 2.45) is 0 Å². The number of carboxylic acids is 1. The van der Waals surface area contributed by atoms with E-state index < -0.39 is 5.97 Å². The van der Waals surface area contributed by atoms with Crippen LogP contribution in [0.15, 0.2) is 18.2 Å². The summed E-state index contributed by atoms with van der Waals surface area (Å²) in [5, 5.41) is 21.7. The zero-order chi connectivity index (χ0) is 25.8. The minimum Gasteiger partial charge on any atom is -0.544 e. The molecule has 35 heavy (non-hydrogen) atoms. The Kier molecular flexibility index (Phi) is 17.1. The van der Waals surface area contributed by atoms with E-state index in [-0.39, 0.29) is 6.54 Å². The number of quaternary nitrogens is 1. The molecular weight excluding hydrogens is 436 g/mol. The van der Waals surface area contributed by atoms with Gasteiger partial charge in [0.25, 0.3) is 0 Å². The van der Waals surface area contributed by atoms with Crippen molar-refractivity contribution < 1.29 is 14.4 Å². The molecule has 0 saturated heterocycles. The first-order valence-corrected chi connectivity index (χ1v) is 14.2. The molecule has 0 aliphatic carbocycles. The highest BCUT2D eigenvalue weighted by Gasteiger charge is 2.14. The van der Waals surface area contributed by atoms with Crippen LogP contribution in [0.25, 0.3) is 0 Å². The quantitative estimate of drug-likeness (QED) is 0.132. The average Bonchev–Trinajstić information content (AvgIpc) is 2.80. The molecule has 6 heteroatoms. The summed E-state index contributed by atoms with van der Waals surface area (Å²) >= 11 is 0. The number of carbonyl (C=O) groups excluding carboxylic acids is 1. The van der Waals surface area contributed by atoms with Gasteiger partial charge < -0.3 is 30.3 Å². The third kappa shape index (κ3) is 17.2. The summed E-state index contributed by atoms with van der Waals surface area (Å²) in [6, 6.07) is 6.60. The minimum atomic E-state index is -0.992. The second kappa shape index (κ2) is 19.3. The first kappa shape index (κ1) is 31.1. The van der Waals surface area contributed by atoms with Crippen LogP contribution < -0.4 is 21.1 Å². The number of unbranched alkanes of at least 4 members (excludes halogenated alkanes) is 10. The molecule has 0 aromatic heterocycles. The van der Waals surface area contributed by atoms with Crippen molar-refractivity contribution >= 4 is 23.0 Å². The number of nitrogens with one attached hydrogen (secondary N) is 3. The molecule has 1 rings (SSSR count). The minimum absolute atomic E-state index is 0.0460. The molecule has 0 fully saturated rings. The van der Waals surface area contributed by atoms with Gasteiger partial charge in [-0.2, -0.15) is 0 Å². The largest absolute Gasteiger partial charge is 0.544 e. The van der Waals surface area contributed by atoms with Crippen LogP contribution in [0, 0.1) is 0 Å². The molecule has 0 saturated carbocycles. The van der Waals surface area contributed by atoms with E-state index in [1.54, 1.807) is 0 Å². The number of rotatable bonds is 23. The maximum atomic E-state index is 10.9. The molecule has 0 aliphatic heterocycles. The van der Waals surface area contributed by atoms with Crippen molar-refractivity contribution in [1.82, 2.24) is 0 Å². The Bertz CT molecular complexity index is 642. The number of nitrogens with zero attached hydrogens (tertiary/aromatic N) is 1. The fourth-order valence-corrected chi connectivity index (χ4v) is 4.38. The van der Waals surface area contributed by atoms with Crippen LogP contribution in [0.3, 0.4) is 0 Å². The van der Waals surface area contributed by atoms with Gasteiger partial charge >= 0.3 is 0 Å². The molecular formula is C29H54N4O2. The molecule has 0 aliphatic rings. The van der Waals surface area contributed by atoms with Crippen LogP contribution in [0.1, 0.15) is 97.3 Å². The second-order valence-corrected chi connectivity index (χ2v) is 10.7. The molecule has 0 radical (unpaired) electrons. The van der Waals surface area contributed by atoms with Crippen molar-refractivity contribution in [3.05, 3.63) is 18.2 Å². The number of aliphatic carboxylic acids is 1. The summed E-state index contributed by atoms with van der Waals surface area (Å²) in [5.41, 5.74) is 3.41. The highest BCUT2D eigenvalue weighted by Crippen LogP contribution is 2.23. The van der Waals surface area contributed by atoms with Crippen LogP contribution in [0.2, 0.25) is 0 Å². The van der Waals surface area contributed by atoms with Gasteiger partial charge in [-0.25, -0.2) is 0 Å². The van der Waals surface area contributed by atoms with E-state index in [9.17, 15) is 9.90 Å². The predicted octanol–water partition coefficient (Wildman–Crippen LogP) is 5.86. The number of carboxylic acid groups (broad SMARTS) is 1. The molecule has 1 aromatic carbocycles. The van der Waals surface area contributed by atoms with E-state index in [1.165, 1.54) is 77.0 Å². The Morgan fingerprint density at radius 2 is 1.03 bits per heavy atom. The predicted molar refractivity (Wildman–Crippen MR) is 150 cm³/mol. The van der Waals surface area contributed by atoms with E-state index in [0.29, 0.717) is 4.48 Å². The van der Waals surface area contributed by atoms with Gasteiger partial charge in [-0.3, -0.25) is 0 Å². The molecule has 6 nitrogen and oxygen atoms in total. The SMILES string of the molecule is CCCCCCCCNc1cc(NCCCCCCCC)cc(NCCC[N+](C)(C)CC(=O)[O-])c1. The Morgan fingerprint density at radius 3 is 1.43 bits per heavy atom. The lowest BCUT2D eigenvalue weighted by Crippen LogP contribution is -2.49. The van der Waals surface area contributed by atoms with E-state index in [4.69, 9.17) is 0 Å². The van der Waals surface area contributed by atoms with Gasteiger partial charge in [0.1, 0.15) is 6.54 Å². The standard InChI is InChI=1S/C29H54N4O2/c1-5-7-9-11-13-15-18-30-26-22-27(31-19-16-14-12-10-8-6-2)24-28(23-26)32-20-17-21-33(3,4)25-29(34)35/h22-24,30-32H,5-21,25H2,1-4H3. The third-order valence-electron chi connectivity index (χ3n) is 6.48. The Balaban J connectivity index is 2.55. The van der Waals surface area contributed by atoms with Gasteiger partial charge in [0.15, 0.2) is 0 Å². The van der Waals surface area contributed by atoms with Gasteiger partial charge in [0, 0.05) is 43.1 Å². The molecule has 0 unspecified atom stereocenters. The van der Waals surface area contributed by atoms with E-state index in [2.05, 4.69) is 48.0 Å². The zero-order valence-corrected chi connectivity index (χ0v) is 23.2. The van der Waals surface area contributed by atoms with Crippen LogP contribution in [0.5, 0.6) is 0 Å². The van der Waals surface area contributed by atoms with Crippen LogP contribution in [0.4, 0.5) is 17.1 Å². The third-order valence-corrected chi connectivity index (χ3v) is 6.48. The Labute approximate surface area is 215 Å². The van der Waals surface area contributed by atoms with Gasteiger partial charge in [0.05, 0.1) is 26.6 Å². The number of hydrogen-bond acceptors (Lipinski definition) is 5. The first-order chi connectivity index (χ1) is 16.9. The van der Waals surface area contributed by atoms with Gasteiger partial charge in [-0.1, -0.05) is 78.1 Å². The number of carbonyl (C=O) groups is 1. The topological polar surface area (TPSA) is 76.2 Å². The molecule has 0 bridgehead atoms. The summed E-state index contributed by atoms with van der Waals surface area (Å²) < 4.78 is 0.439. The smallest absolute Gasteiger partial charge is 0.119 e. The summed E-state index contributed by atoms with van der Waals surface area (Å²) in [6.07, 6.45) is 16.5. The molecule has 0 atom stereocenters. The van der Waals surface area contributed by atoms with Crippen LogP contribution >= 0.6 is 0 Å². The van der Waals surface area contributed by atoms with Crippen molar-refractivity contribution in [3.63, 3.8) is 0 Å². The summed E-state index contributed by atoms with van der Waals surface area (Å²) in [7, 11) is 3.87. The monoisotopic (exact) mass is 490 g/mol. The van der Waals surface area contributed by atoms with Gasteiger partial charge in [0.2, 0.25) is 0 Å². The first-order valence-electron chi connectivity index (χ1n) is 14.2. The van der Waals surface area contributed by atoms with E-state index >= 15 is 0 Å². The molecule has 0 heterocycles. The summed E-state index contributed by atoms with van der Waals surface area (Å²) in [4.78, 5) is 10.9. The molecule has 3 N–H and O–H groups in total. The Hall–Kier alpha value is -1.95. The number of hydrogen-bond donors (Lipinski definition) is 3. The van der Waals surface area contributed by atoms with Crippen molar-refractivity contribution in [2.75, 3.05) is 62.8 Å². The van der Waals surface area contributed by atoms with E-state index in [0.717, 1.165) is 49.7 Å². The normalized spacial score (nSPS) is 11.4. The van der Waals surface area contributed by atoms with Gasteiger partial charge in [-0.05, 0) is 31.0 Å². The van der Waals surface area contributed by atoms with Crippen molar-refractivity contribution in [2.45, 2.75) is 97.3 Å². The molecule has 1 aromatic rings. The van der Waals surface area contributed by atoms with Crippen LogP contribution in [-0.2, 0) is 4.79 Å². The summed E-state index contributed by atoms with van der Waals surface area (Å²) in [6.45, 7) is 8.17. The fourth-order valence-electron chi connectivity index (χ4n) is 4.38. The molecule has 0 spiro atoms. The lowest BCUT2D eigenvalue weighted by atomic mass is 10.1. The highest BCUT2D eigenvalue weighted by molar-refractivity contribution is 5.67. The van der Waals surface area contributed by atoms with Crippen molar-refractivity contribution in [1.29, 1.82) is 0 Å². The highest BCUT2D eigenvalue weighted by atomic mass is 16.4.